The molecule has 3 N–H and O–H groups in total. The maximum Gasteiger partial charge on any atom is 0.408 e. The summed E-state index contributed by atoms with van der Waals surface area (Å²) in [6.45, 7) is 7.74. The number of amides is 1. The largest absolute Gasteiger partial charge is 0.489 e. The highest BCUT2D eigenvalue weighted by molar-refractivity contribution is 7.99. The van der Waals surface area contributed by atoms with E-state index >= 15 is 0 Å². The van der Waals surface area contributed by atoms with Gasteiger partial charge in [-0.15, -0.1) is 0 Å². The second-order valence-electron chi connectivity index (χ2n) is 11.4. The van der Waals surface area contributed by atoms with Crippen LogP contribution in [0.1, 0.15) is 64.5 Å². The number of alkyl carbamates (subject to hydrolysis) is 1. The van der Waals surface area contributed by atoms with Crippen LogP contribution in [0, 0.1) is 0 Å². The number of hydrogen-bond acceptors (Lipinski definition) is 5. The number of benzene rings is 3. The minimum atomic E-state index is -4.43. The van der Waals surface area contributed by atoms with Gasteiger partial charge in [0.25, 0.3) is 0 Å². The minimum Gasteiger partial charge on any atom is -0.489 e. The SMILES string of the molecule is CCCC(C=CP(=O)(O)O)(CCCc1ccc(Sc2cccc(OCc3ccccc3)c2)cc1Cl)NC(=O)OC(C)(C)C. The first kappa shape index (κ1) is 34.7. The predicted octanol–water partition coefficient (Wildman–Crippen LogP) is 9.15. The van der Waals surface area contributed by atoms with E-state index in [0.29, 0.717) is 43.7 Å². The highest BCUT2D eigenvalue weighted by atomic mass is 35.5. The van der Waals surface area contributed by atoms with E-state index in [0.717, 1.165) is 32.5 Å². The maximum atomic E-state index is 12.7. The molecule has 0 heterocycles. The third-order valence-electron chi connectivity index (χ3n) is 6.42. The van der Waals surface area contributed by atoms with Crippen molar-refractivity contribution in [3.05, 3.63) is 101 Å². The van der Waals surface area contributed by atoms with Gasteiger partial charge in [0.15, 0.2) is 0 Å². The lowest BCUT2D eigenvalue weighted by Gasteiger charge is -2.33. The van der Waals surface area contributed by atoms with Gasteiger partial charge in [-0.05, 0) is 87.9 Å². The molecule has 3 aromatic rings. The zero-order valence-corrected chi connectivity index (χ0v) is 27.6. The van der Waals surface area contributed by atoms with E-state index in [4.69, 9.17) is 21.1 Å². The Kier molecular flexibility index (Phi) is 12.8. The number of nitrogens with one attached hydrogen (secondary N) is 1. The van der Waals surface area contributed by atoms with Gasteiger partial charge >= 0.3 is 13.7 Å². The van der Waals surface area contributed by atoms with Crippen LogP contribution < -0.4 is 10.1 Å². The Bertz CT molecular complexity index is 1420. The van der Waals surface area contributed by atoms with Crippen LogP contribution in [-0.4, -0.2) is 27.0 Å². The van der Waals surface area contributed by atoms with Crippen molar-refractivity contribution in [2.24, 2.45) is 0 Å². The van der Waals surface area contributed by atoms with Crippen molar-refractivity contribution in [1.82, 2.24) is 5.32 Å². The molecule has 43 heavy (non-hydrogen) atoms. The van der Waals surface area contributed by atoms with Gasteiger partial charge in [-0.2, -0.15) is 0 Å². The lowest BCUT2D eigenvalue weighted by Crippen LogP contribution is -2.48. The molecule has 0 bridgehead atoms. The van der Waals surface area contributed by atoms with Gasteiger partial charge in [0.1, 0.15) is 18.0 Å². The van der Waals surface area contributed by atoms with Gasteiger partial charge in [0.2, 0.25) is 0 Å². The molecular formula is C33H41ClNO6PS. The van der Waals surface area contributed by atoms with Crippen LogP contribution in [0.5, 0.6) is 5.75 Å². The van der Waals surface area contributed by atoms with Crippen molar-refractivity contribution in [2.75, 3.05) is 0 Å². The number of carbonyl (C=O) groups excluding carboxylic acids is 1. The van der Waals surface area contributed by atoms with Crippen molar-refractivity contribution in [1.29, 1.82) is 0 Å². The molecule has 3 rings (SSSR count). The van der Waals surface area contributed by atoms with E-state index in [1.54, 1.807) is 32.5 Å². The molecule has 1 atom stereocenters. The highest BCUT2D eigenvalue weighted by Crippen LogP contribution is 2.39. The fraction of sp³-hybridized carbons (Fsp3) is 0.364. The maximum absolute atomic E-state index is 12.7. The van der Waals surface area contributed by atoms with Crippen molar-refractivity contribution in [2.45, 2.75) is 87.3 Å². The standard InChI is InChI=1S/C33H41ClNO6PS/c1-5-18-33(20-21-42(37,38)39,35-31(36)41-32(2,3)4)19-10-13-26-16-17-29(23-30(26)34)43-28-15-9-14-27(22-28)40-24-25-11-7-6-8-12-25/h6-9,11-12,14-17,20-23H,5,10,13,18-19,24H2,1-4H3,(H,35,36)(H2,37,38,39). The fourth-order valence-electron chi connectivity index (χ4n) is 4.54. The summed E-state index contributed by atoms with van der Waals surface area (Å²) in [7, 11) is -4.43. The molecule has 7 nitrogen and oxygen atoms in total. The van der Waals surface area contributed by atoms with Crippen LogP contribution >= 0.6 is 31.0 Å². The molecule has 232 valence electrons. The van der Waals surface area contributed by atoms with Crippen LogP contribution in [-0.2, 0) is 22.3 Å². The van der Waals surface area contributed by atoms with Gasteiger partial charge in [0.05, 0.1) is 5.54 Å². The lowest BCUT2D eigenvalue weighted by atomic mass is 9.87. The molecule has 0 fully saturated rings. The average molecular weight is 646 g/mol. The molecule has 0 saturated heterocycles. The lowest BCUT2D eigenvalue weighted by molar-refractivity contribution is 0.0467. The summed E-state index contributed by atoms with van der Waals surface area (Å²) < 4.78 is 23.1. The molecule has 0 aliphatic carbocycles. The summed E-state index contributed by atoms with van der Waals surface area (Å²) in [5, 5.41) is 3.52. The van der Waals surface area contributed by atoms with Crippen LogP contribution in [0.4, 0.5) is 4.79 Å². The number of aryl methyl sites for hydroxylation is 1. The van der Waals surface area contributed by atoms with E-state index in [2.05, 4.69) is 5.32 Å². The van der Waals surface area contributed by atoms with E-state index < -0.39 is 24.8 Å². The van der Waals surface area contributed by atoms with E-state index in [1.807, 2.05) is 79.7 Å². The third kappa shape index (κ3) is 12.8. The Morgan fingerprint density at radius 2 is 1.72 bits per heavy atom. The first-order valence-corrected chi connectivity index (χ1v) is 17.1. The minimum absolute atomic E-state index is 0.444. The second-order valence-corrected chi connectivity index (χ2v) is 14.4. The Morgan fingerprint density at radius 1 is 1.00 bits per heavy atom. The summed E-state index contributed by atoms with van der Waals surface area (Å²) in [5.41, 5.74) is 0.369. The molecule has 0 aromatic heterocycles. The predicted molar refractivity (Wildman–Crippen MR) is 174 cm³/mol. The number of rotatable bonds is 14. The van der Waals surface area contributed by atoms with Crippen molar-refractivity contribution >= 4 is 37.1 Å². The highest BCUT2D eigenvalue weighted by Gasteiger charge is 2.31. The fourth-order valence-corrected chi connectivity index (χ4v) is 6.27. The average Bonchev–Trinajstić information content (AvgIpc) is 2.91. The van der Waals surface area contributed by atoms with E-state index in [-0.39, 0.29) is 0 Å². The number of ether oxygens (including phenoxy) is 2. The van der Waals surface area contributed by atoms with E-state index in [1.165, 1.54) is 6.08 Å². The van der Waals surface area contributed by atoms with Gasteiger partial charge in [-0.3, -0.25) is 4.57 Å². The van der Waals surface area contributed by atoms with Crippen LogP contribution in [0.3, 0.4) is 0 Å². The number of halogens is 1. The van der Waals surface area contributed by atoms with Gasteiger partial charge < -0.3 is 24.6 Å². The number of carbonyl (C=O) groups is 1. The summed E-state index contributed by atoms with van der Waals surface area (Å²) in [5.74, 6) is 1.65. The summed E-state index contributed by atoms with van der Waals surface area (Å²) in [6.07, 6.45) is 3.64. The van der Waals surface area contributed by atoms with Gasteiger partial charge in [0, 0.05) is 20.6 Å². The molecular weight excluding hydrogens is 605 g/mol. The molecule has 0 aliphatic rings. The summed E-state index contributed by atoms with van der Waals surface area (Å²) >= 11 is 8.28. The molecule has 0 aliphatic heterocycles. The van der Waals surface area contributed by atoms with Gasteiger partial charge in [-0.1, -0.05) is 85.2 Å². The smallest absolute Gasteiger partial charge is 0.408 e. The molecule has 1 amide bonds. The zero-order chi connectivity index (χ0) is 31.5. The topological polar surface area (TPSA) is 105 Å². The van der Waals surface area contributed by atoms with Crippen molar-refractivity contribution in [3.63, 3.8) is 0 Å². The molecule has 0 spiro atoms. The molecule has 0 radical (unpaired) electrons. The molecule has 1 unspecified atom stereocenters. The summed E-state index contributed by atoms with van der Waals surface area (Å²) in [6, 6.07) is 23.9. The van der Waals surface area contributed by atoms with Crippen molar-refractivity contribution < 1.29 is 28.6 Å². The number of hydrogen-bond donors (Lipinski definition) is 3. The monoisotopic (exact) mass is 645 g/mol. The molecule has 0 saturated carbocycles. The zero-order valence-electron chi connectivity index (χ0n) is 25.1. The first-order chi connectivity index (χ1) is 20.3. The van der Waals surface area contributed by atoms with Gasteiger partial charge in [-0.25, -0.2) is 4.79 Å². The Hall–Kier alpha value is -2.74. The molecule has 10 heteroatoms. The second kappa shape index (κ2) is 15.8. The third-order valence-corrected chi connectivity index (χ3v) is 8.29. The van der Waals surface area contributed by atoms with E-state index in [9.17, 15) is 19.1 Å². The van der Waals surface area contributed by atoms with Crippen LogP contribution in [0.2, 0.25) is 5.02 Å². The molecule has 3 aromatic carbocycles. The Balaban J connectivity index is 1.66. The van der Waals surface area contributed by atoms with Crippen LogP contribution in [0.25, 0.3) is 0 Å². The summed E-state index contributed by atoms with van der Waals surface area (Å²) in [4.78, 5) is 33.7. The normalized spacial score (nSPS) is 13.5. The quantitative estimate of drug-likeness (QED) is 0.150. The van der Waals surface area contributed by atoms with Crippen molar-refractivity contribution in [3.8, 4) is 5.75 Å². The Labute approximate surface area is 264 Å². The Morgan fingerprint density at radius 3 is 2.37 bits per heavy atom. The first-order valence-electron chi connectivity index (χ1n) is 14.3. The van der Waals surface area contributed by atoms with Crippen LogP contribution in [0.15, 0.2) is 94.5 Å².